The second-order valence-electron chi connectivity index (χ2n) is 8.83. The van der Waals surface area contributed by atoms with Crippen molar-refractivity contribution in [2.75, 3.05) is 13.2 Å². The normalized spacial score (nSPS) is 12.2. The predicted octanol–water partition coefficient (Wildman–Crippen LogP) is 4.61. The highest BCUT2D eigenvalue weighted by Gasteiger charge is 2.29. The van der Waals surface area contributed by atoms with Gasteiger partial charge in [0.15, 0.2) is 6.61 Å². The van der Waals surface area contributed by atoms with Gasteiger partial charge in [-0.05, 0) is 54.5 Å². The number of carbonyl (C=O) groups is 2. The van der Waals surface area contributed by atoms with Crippen LogP contribution in [0.25, 0.3) is 0 Å². The first kappa shape index (κ1) is 24.4. The lowest BCUT2D eigenvalue weighted by Crippen LogP contribution is -2.50. The number of benzene rings is 2. The minimum absolute atomic E-state index is 0.0552. The molecule has 0 aliphatic rings. The molecule has 0 fully saturated rings. The molecule has 0 aromatic heterocycles. The number of hydrogen-bond acceptors (Lipinski definition) is 3. The number of nitrogens with one attached hydrogen (secondary N) is 1. The summed E-state index contributed by atoms with van der Waals surface area (Å²) in [5.41, 5.74) is 3.37. The van der Waals surface area contributed by atoms with Crippen LogP contribution in [0.2, 0.25) is 0 Å². The zero-order valence-corrected chi connectivity index (χ0v) is 19.7. The van der Waals surface area contributed by atoms with E-state index in [0.717, 1.165) is 11.1 Å². The van der Waals surface area contributed by atoms with Crippen molar-refractivity contribution in [3.63, 3.8) is 0 Å². The van der Waals surface area contributed by atoms with E-state index < -0.39 is 6.04 Å². The van der Waals surface area contributed by atoms with Crippen molar-refractivity contribution in [2.45, 2.75) is 66.0 Å². The van der Waals surface area contributed by atoms with E-state index in [0.29, 0.717) is 25.3 Å². The first-order valence-electron chi connectivity index (χ1n) is 11.0. The molecule has 1 N–H and O–H groups in total. The maximum Gasteiger partial charge on any atom is 0.261 e. The molecule has 0 aliphatic carbocycles. The van der Waals surface area contributed by atoms with Gasteiger partial charge in [0, 0.05) is 13.1 Å². The van der Waals surface area contributed by atoms with Crippen molar-refractivity contribution >= 4 is 11.8 Å². The molecule has 31 heavy (non-hydrogen) atoms. The van der Waals surface area contributed by atoms with Crippen molar-refractivity contribution in [2.24, 2.45) is 0 Å². The molecule has 0 bridgehead atoms. The summed E-state index contributed by atoms with van der Waals surface area (Å²) in [6.45, 7) is 13.1. The predicted molar refractivity (Wildman–Crippen MR) is 125 cm³/mol. The summed E-state index contributed by atoms with van der Waals surface area (Å²) in [5.74, 6) is 0.297. The Morgan fingerprint density at radius 2 is 1.68 bits per heavy atom. The van der Waals surface area contributed by atoms with E-state index in [1.807, 2.05) is 69.3 Å². The molecule has 2 aromatic carbocycles. The molecule has 5 nitrogen and oxygen atoms in total. The third-order valence-corrected chi connectivity index (χ3v) is 5.42. The monoisotopic (exact) mass is 424 g/mol. The molecule has 1 atom stereocenters. The van der Waals surface area contributed by atoms with Crippen LogP contribution < -0.4 is 10.1 Å². The molecule has 1 unspecified atom stereocenters. The third-order valence-electron chi connectivity index (χ3n) is 5.42. The summed E-state index contributed by atoms with van der Waals surface area (Å²) < 4.78 is 5.80. The molecule has 2 amide bonds. The zero-order chi connectivity index (χ0) is 23.0. The van der Waals surface area contributed by atoms with E-state index in [4.69, 9.17) is 4.74 Å². The Morgan fingerprint density at radius 3 is 2.23 bits per heavy atom. The molecule has 0 spiro atoms. The smallest absolute Gasteiger partial charge is 0.261 e. The van der Waals surface area contributed by atoms with Gasteiger partial charge in [0.05, 0.1) is 0 Å². The number of ether oxygens (including phenoxy) is 1. The second-order valence-corrected chi connectivity index (χ2v) is 8.83. The molecule has 2 aromatic rings. The Labute approximate surface area is 186 Å². The van der Waals surface area contributed by atoms with E-state index in [2.05, 4.69) is 26.1 Å². The highest BCUT2D eigenvalue weighted by Crippen LogP contribution is 2.24. The van der Waals surface area contributed by atoms with Crippen LogP contribution in [0.1, 0.15) is 57.7 Å². The second kappa shape index (κ2) is 11.0. The maximum atomic E-state index is 13.2. The largest absolute Gasteiger partial charge is 0.484 e. The van der Waals surface area contributed by atoms with Crippen LogP contribution in [0.5, 0.6) is 5.75 Å². The average Bonchev–Trinajstić information content (AvgIpc) is 2.73. The fourth-order valence-electron chi connectivity index (χ4n) is 3.46. The molecule has 0 saturated carbocycles. The SMILES string of the molecule is CCNC(=O)C(CC)N(Cc1ccccc1C)C(=O)COc1ccc(C(C)(C)C)cc1. The van der Waals surface area contributed by atoms with Crippen LogP contribution in [0.15, 0.2) is 48.5 Å². The van der Waals surface area contributed by atoms with E-state index in [1.165, 1.54) is 5.56 Å². The van der Waals surface area contributed by atoms with Gasteiger partial charge in [0.2, 0.25) is 5.91 Å². The van der Waals surface area contributed by atoms with Crippen LogP contribution in [-0.4, -0.2) is 35.9 Å². The van der Waals surface area contributed by atoms with Crippen LogP contribution in [0, 0.1) is 6.92 Å². The summed E-state index contributed by atoms with van der Waals surface area (Å²) in [5, 5.41) is 2.85. The molecule has 0 saturated heterocycles. The highest BCUT2D eigenvalue weighted by atomic mass is 16.5. The Hall–Kier alpha value is -2.82. The Bertz CT molecular complexity index is 869. The number of likely N-dealkylation sites (N-methyl/N-ethyl adjacent to an activating group) is 1. The van der Waals surface area contributed by atoms with E-state index in [1.54, 1.807) is 4.90 Å². The zero-order valence-electron chi connectivity index (χ0n) is 19.7. The Balaban J connectivity index is 2.18. The summed E-state index contributed by atoms with van der Waals surface area (Å²) in [6.07, 6.45) is 0.531. The third kappa shape index (κ3) is 6.84. The van der Waals surface area contributed by atoms with Gasteiger partial charge in [-0.15, -0.1) is 0 Å². The molecule has 0 radical (unpaired) electrons. The lowest BCUT2D eigenvalue weighted by molar-refractivity contribution is -0.142. The molecule has 0 aliphatic heterocycles. The first-order valence-corrected chi connectivity index (χ1v) is 11.0. The fourth-order valence-corrected chi connectivity index (χ4v) is 3.46. The van der Waals surface area contributed by atoms with Gasteiger partial charge >= 0.3 is 0 Å². The molecular weight excluding hydrogens is 388 g/mol. The van der Waals surface area contributed by atoms with Crippen molar-refractivity contribution in [3.8, 4) is 5.75 Å². The number of carbonyl (C=O) groups excluding carboxylic acids is 2. The molecule has 168 valence electrons. The van der Waals surface area contributed by atoms with Gasteiger partial charge in [-0.25, -0.2) is 0 Å². The van der Waals surface area contributed by atoms with Crippen molar-refractivity contribution in [1.29, 1.82) is 0 Å². The van der Waals surface area contributed by atoms with Gasteiger partial charge in [-0.1, -0.05) is 64.1 Å². The number of nitrogens with zero attached hydrogens (tertiary/aromatic N) is 1. The van der Waals surface area contributed by atoms with Crippen molar-refractivity contribution in [1.82, 2.24) is 10.2 Å². The first-order chi connectivity index (χ1) is 14.7. The number of aryl methyl sites for hydroxylation is 1. The van der Waals surface area contributed by atoms with Gasteiger partial charge < -0.3 is 15.0 Å². The minimum Gasteiger partial charge on any atom is -0.484 e. The summed E-state index contributed by atoms with van der Waals surface area (Å²) in [6, 6.07) is 15.2. The van der Waals surface area contributed by atoms with Gasteiger partial charge in [-0.2, -0.15) is 0 Å². The quantitative estimate of drug-likeness (QED) is 0.639. The fraction of sp³-hybridized carbons (Fsp3) is 0.462. The standard InChI is InChI=1S/C26H36N2O3/c1-7-23(25(30)27-8-2)28(17-20-12-10-9-11-19(20)3)24(29)18-31-22-15-13-21(14-16-22)26(4,5)6/h9-16,23H,7-8,17-18H2,1-6H3,(H,27,30). The van der Waals surface area contributed by atoms with Crippen LogP contribution >= 0.6 is 0 Å². The average molecular weight is 425 g/mol. The molecular formula is C26H36N2O3. The van der Waals surface area contributed by atoms with Crippen LogP contribution in [0.4, 0.5) is 0 Å². The van der Waals surface area contributed by atoms with E-state index >= 15 is 0 Å². The molecule has 5 heteroatoms. The van der Waals surface area contributed by atoms with Gasteiger partial charge in [0.25, 0.3) is 5.91 Å². The Morgan fingerprint density at radius 1 is 1.03 bits per heavy atom. The van der Waals surface area contributed by atoms with E-state index in [-0.39, 0.29) is 23.8 Å². The lowest BCUT2D eigenvalue weighted by Gasteiger charge is -2.31. The molecule has 2 rings (SSSR count). The van der Waals surface area contributed by atoms with Gasteiger partial charge in [0.1, 0.15) is 11.8 Å². The summed E-state index contributed by atoms with van der Waals surface area (Å²) >= 11 is 0. The van der Waals surface area contributed by atoms with Crippen LogP contribution in [0.3, 0.4) is 0 Å². The molecule has 0 heterocycles. The number of hydrogen-bond donors (Lipinski definition) is 1. The summed E-state index contributed by atoms with van der Waals surface area (Å²) in [4.78, 5) is 27.5. The number of amides is 2. The highest BCUT2D eigenvalue weighted by molar-refractivity contribution is 5.88. The van der Waals surface area contributed by atoms with Crippen molar-refractivity contribution < 1.29 is 14.3 Å². The minimum atomic E-state index is -0.543. The van der Waals surface area contributed by atoms with Gasteiger partial charge in [-0.3, -0.25) is 9.59 Å². The Kier molecular flexibility index (Phi) is 8.66. The van der Waals surface area contributed by atoms with Crippen LogP contribution in [-0.2, 0) is 21.5 Å². The van der Waals surface area contributed by atoms with Crippen molar-refractivity contribution in [3.05, 3.63) is 65.2 Å². The maximum absolute atomic E-state index is 13.2. The topological polar surface area (TPSA) is 58.6 Å². The van der Waals surface area contributed by atoms with E-state index in [9.17, 15) is 9.59 Å². The summed E-state index contributed by atoms with van der Waals surface area (Å²) in [7, 11) is 0. The number of rotatable bonds is 9. The lowest BCUT2D eigenvalue weighted by atomic mass is 9.87.